The van der Waals surface area contributed by atoms with Crippen molar-refractivity contribution in [3.05, 3.63) is 83.9 Å². The zero-order valence-corrected chi connectivity index (χ0v) is 23.9. The van der Waals surface area contributed by atoms with E-state index in [1.165, 1.54) is 0 Å². The molecule has 2 aromatic rings. The van der Waals surface area contributed by atoms with Crippen molar-refractivity contribution >= 4 is 11.8 Å². The molecule has 4 rings (SSSR count). The van der Waals surface area contributed by atoms with Crippen LogP contribution in [0.1, 0.15) is 75.3 Å². The Morgan fingerprint density at radius 3 is 1.60 bits per heavy atom. The zero-order valence-electron chi connectivity index (χ0n) is 23.9. The van der Waals surface area contributed by atoms with Crippen LogP contribution in [0.15, 0.2) is 72.8 Å². The van der Waals surface area contributed by atoms with E-state index in [1.807, 2.05) is 48.5 Å². The second kappa shape index (κ2) is 14.6. The van der Waals surface area contributed by atoms with Crippen LogP contribution in [0.2, 0.25) is 0 Å². The van der Waals surface area contributed by atoms with Gasteiger partial charge in [0, 0.05) is 36.0 Å². The Morgan fingerprint density at radius 1 is 0.725 bits per heavy atom. The fourth-order valence-electron chi connectivity index (χ4n) is 6.85. The highest BCUT2D eigenvalue weighted by Crippen LogP contribution is 2.33. The monoisotopic (exact) mass is 544 g/mol. The highest BCUT2D eigenvalue weighted by Gasteiger charge is 2.41. The molecule has 0 spiro atoms. The van der Waals surface area contributed by atoms with Gasteiger partial charge >= 0.3 is 0 Å². The minimum Gasteiger partial charge on any atom is -0.369 e. The fourth-order valence-corrected chi connectivity index (χ4v) is 6.85. The molecule has 2 aromatic carbocycles. The second-order valence-corrected chi connectivity index (χ2v) is 12.1. The van der Waals surface area contributed by atoms with Gasteiger partial charge in [0.2, 0.25) is 11.8 Å². The van der Waals surface area contributed by atoms with Gasteiger partial charge in [0.25, 0.3) is 0 Å². The van der Waals surface area contributed by atoms with Crippen LogP contribution in [0.4, 0.5) is 0 Å². The highest BCUT2D eigenvalue weighted by atomic mass is 16.2. The molecule has 2 aliphatic rings. The van der Waals surface area contributed by atoms with Crippen molar-refractivity contribution in [2.45, 2.75) is 101 Å². The molecule has 2 saturated carbocycles. The number of nitrogens with two attached hydrogens (primary N) is 3. The molecule has 2 fully saturated rings. The highest BCUT2D eigenvalue weighted by molar-refractivity contribution is 5.81. The first-order valence-corrected chi connectivity index (χ1v) is 15.2. The SMILES string of the molecule is C=C(CC(Cc1ccccc1)C(N)=O)CC(Cc1ccccc1)C(=O)N(C1CCCCC1N)C1CCCCC1N. The Morgan fingerprint density at radius 2 is 1.15 bits per heavy atom. The maximum Gasteiger partial charge on any atom is 0.226 e. The summed E-state index contributed by atoms with van der Waals surface area (Å²) in [7, 11) is 0. The second-order valence-electron chi connectivity index (χ2n) is 12.1. The molecule has 0 aliphatic heterocycles. The van der Waals surface area contributed by atoms with Gasteiger partial charge in [-0.1, -0.05) is 98.5 Å². The van der Waals surface area contributed by atoms with Crippen LogP contribution in [0.3, 0.4) is 0 Å². The molecule has 6 atom stereocenters. The van der Waals surface area contributed by atoms with Crippen molar-refractivity contribution in [2.75, 3.05) is 0 Å². The van der Waals surface area contributed by atoms with E-state index in [2.05, 4.69) is 23.6 Å². The normalized spacial score (nSPS) is 24.6. The lowest BCUT2D eigenvalue weighted by Gasteiger charge is -2.47. The molecule has 2 aliphatic carbocycles. The standard InChI is InChI=1S/C34H48N4O2/c1-24(20-27(33(37)39)22-25-12-4-2-5-13-25)21-28(23-26-14-6-3-7-15-26)34(40)38(31-18-10-8-16-29(31)35)32-19-11-9-17-30(32)36/h2-7,12-15,27-32H,1,8-11,16-23,35-36H2,(H2,37,39). The van der Waals surface area contributed by atoms with E-state index in [-0.39, 0.29) is 47.8 Å². The van der Waals surface area contributed by atoms with E-state index in [4.69, 9.17) is 17.2 Å². The number of carbonyl (C=O) groups is 2. The molecule has 6 unspecified atom stereocenters. The van der Waals surface area contributed by atoms with Crippen molar-refractivity contribution in [1.82, 2.24) is 4.90 Å². The number of carbonyl (C=O) groups excluding carboxylic acids is 2. The average Bonchev–Trinajstić information content (AvgIpc) is 2.95. The number of hydrogen-bond acceptors (Lipinski definition) is 4. The van der Waals surface area contributed by atoms with Crippen molar-refractivity contribution in [3.63, 3.8) is 0 Å². The van der Waals surface area contributed by atoms with Crippen LogP contribution in [-0.4, -0.2) is 40.9 Å². The summed E-state index contributed by atoms with van der Waals surface area (Å²) in [6, 6.07) is 20.1. The number of benzene rings is 2. The van der Waals surface area contributed by atoms with Crippen LogP contribution in [0.25, 0.3) is 0 Å². The number of rotatable bonds is 12. The largest absolute Gasteiger partial charge is 0.369 e. The number of allylic oxidation sites excluding steroid dienone is 1. The third kappa shape index (κ3) is 8.05. The van der Waals surface area contributed by atoms with E-state index >= 15 is 0 Å². The van der Waals surface area contributed by atoms with Crippen LogP contribution in [-0.2, 0) is 22.4 Å². The molecule has 216 valence electrons. The quantitative estimate of drug-likeness (QED) is 0.330. The molecule has 0 radical (unpaired) electrons. The molecule has 0 bridgehead atoms. The first-order valence-electron chi connectivity index (χ1n) is 15.2. The topological polar surface area (TPSA) is 115 Å². The van der Waals surface area contributed by atoms with Crippen molar-refractivity contribution in [1.29, 1.82) is 0 Å². The summed E-state index contributed by atoms with van der Waals surface area (Å²) in [5.41, 5.74) is 22.3. The first-order chi connectivity index (χ1) is 19.3. The fraction of sp³-hybridized carbons (Fsp3) is 0.529. The van der Waals surface area contributed by atoms with E-state index < -0.39 is 0 Å². The van der Waals surface area contributed by atoms with E-state index in [1.54, 1.807) is 0 Å². The van der Waals surface area contributed by atoms with E-state index in [9.17, 15) is 9.59 Å². The first kappa shape index (κ1) is 30.0. The molecule has 40 heavy (non-hydrogen) atoms. The van der Waals surface area contributed by atoms with Gasteiger partial charge in [-0.2, -0.15) is 0 Å². The molecule has 0 aromatic heterocycles. The maximum atomic E-state index is 14.7. The average molecular weight is 545 g/mol. The molecule has 6 heteroatoms. The summed E-state index contributed by atoms with van der Waals surface area (Å²) >= 11 is 0. The Kier molecular flexibility index (Phi) is 11.0. The smallest absolute Gasteiger partial charge is 0.226 e. The van der Waals surface area contributed by atoms with Crippen molar-refractivity contribution in [2.24, 2.45) is 29.0 Å². The summed E-state index contributed by atoms with van der Waals surface area (Å²) in [4.78, 5) is 29.2. The molecule has 6 N–H and O–H groups in total. The summed E-state index contributed by atoms with van der Waals surface area (Å²) in [6.07, 6.45) is 10.3. The molecule has 0 saturated heterocycles. The van der Waals surface area contributed by atoms with Crippen LogP contribution in [0, 0.1) is 11.8 Å². The molecule has 0 heterocycles. The van der Waals surface area contributed by atoms with Crippen molar-refractivity contribution in [3.8, 4) is 0 Å². The summed E-state index contributed by atoms with van der Waals surface area (Å²) < 4.78 is 0. The van der Waals surface area contributed by atoms with Crippen LogP contribution in [0.5, 0.6) is 0 Å². The van der Waals surface area contributed by atoms with Gasteiger partial charge in [-0.15, -0.1) is 0 Å². The van der Waals surface area contributed by atoms with Crippen LogP contribution < -0.4 is 17.2 Å². The Bertz CT molecular complexity index is 1080. The molecule has 2 amide bonds. The number of nitrogens with zero attached hydrogens (tertiary/aromatic N) is 1. The lowest BCUT2D eigenvalue weighted by Crippen LogP contribution is -2.62. The lowest BCUT2D eigenvalue weighted by molar-refractivity contribution is -0.143. The number of primary amides is 1. The Hall–Kier alpha value is -2.96. The van der Waals surface area contributed by atoms with E-state index in [0.29, 0.717) is 25.7 Å². The predicted octanol–water partition coefficient (Wildman–Crippen LogP) is 4.89. The minimum atomic E-state index is -0.364. The number of amides is 2. The van der Waals surface area contributed by atoms with Gasteiger partial charge in [-0.05, 0) is 62.5 Å². The van der Waals surface area contributed by atoms with Gasteiger partial charge in [-0.25, -0.2) is 0 Å². The van der Waals surface area contributed by atoms with E-state index in [0.717, 1.165) is 68.1 Å². The molecular weight excluding hydrogens is 496 g/mol. The predicted molar refractivity (Wildman–Crippen MR) is 162 cm³/mol. The summed E-state index contributed by atoms with van der Waals surface area (Å²) in [6.45, 7) is 4.37. The van der Waals surface area contributed by atoms with Gasteiger partial charge in [-0.3, -0.25) is 9.59 Å². The van der Waals surface area contributed by atoms with Crippen molar-refractivity contribution < 1.29 is 9.59 Å². The van der Waals surface area contributed by atoms with Gasteiger partial charge < -0.3 is 22.1 Å². The summed E-state index contributed by atoms with van der Waals surface area (Å²) in [5, 5.41) is 0. The van der Waals surface area contributed by atoms with Gasteiger partial charge in [0.1, 0.15) is 0 Å². The molecule has 6 nitrogen and oxygen atoms in total. The Labute approximate surface area is 240 Å². The minimum absolute atomic E-state index is 0.0124. The van der Waals surface area contributed by atoms with Gasteiger partial charge in [0.15, 0.2) is 0 Å². The third-order valence-corrected chi connectivity index (χ3v) is 9.00. The maximum absolute atomic E-state index is 14.7. The Balaban J connectivity index is 1.58. The van der Waals surface area contributed by atoms with Gasteiger partial charge in [0.05, 0.1) is 0 Å². The summed E-state index contributed by atoms with van der Waals surface area (Å²) in [5.74, 6) is -0.868. The van der Waals surface area contributed by atoms with Crippen LogP contribution >= 0.6 is 0 Å². The molecular formula is C34H48N4O2. The third-order valence-electron chi connectivity index (χ3n) is 9.00. The lowest BCUT2D eigenvalue weighted by atomic mass is 9.81. The zero-order chi connectivity index (χ0) is 28.5. The number of hydrogen-bond donors (Lipinski definition) is 3.